The minimum Gasteiger partial charge on any atom is -0.505 e. The number of nitrogens with zero attached hydrogens (tertiary/aromatic N) is 1. The molecule has 0 aliphatic carbocycles. The molecule has 0 saturated carbocycles. The van der Waals surface area contributed by atoms with E-state index < -0.39 is 12.2 Å². The summed E-state index contributed by atoms with van der Waals surface area (Å²) < 4.78 is 0. The molecule has 0 amide bonds. The number of hydrogen-bond donors (Lipinski definition) is 4. The molecule has 4 N–H and O–H groups in total. The largest absolute Gasteiger partial charge is 0.505 e. The molecule has 6 heteroatoms. The highest BCUT2D eigenvalue weighted by Crippen LogP contribution is 2.36. The average molecular weight is 283 g/mol. The number of pyridine rings is 1. The number of rotatable bonds is 4. The van der Waals surface area contributed by atoms with Gasteiger partial charge in [-0.05, 0) is 25.2 Å². The second-order valence-corrected chi connectivity index (χ2v) is 4.67. The number of phenolic OH excluding ortho intramolecular Hbond substituents is 1. The van der Waals surface area contributed by atoms with E-state index >= 15 is 0 Å². The third-order valence-corrected chi connectivity index (χ3v) is 3.25. The summed E-state index contributed by atoms with van der Waals surface area (Å²) in [4.78, 5) is 4.05. The van der Waals surface area contributed by atoms with Crippen molar-refractivity contribution in [3.63, 3.8) is 0 Å². The summed E-state index contributed by atoms with van der Waals surface area (Å²) in [6, 6.07) is 4.88. The molecule has 0 saturated heterocycles. The number of halogens is 1. The van der Waals surface area contributed by atoms with Crippen molar-refractivity contribution in [2.45, 2.75) is 12.2 Å². The first kappa shape index (κ1) is 14.0. The summed E-state index contributed by atoms with van der Waals surface area (Å²) in [5.74, 6) is -0.164. The Morgan fingerprint density at radius 1 is 1.42 bits per heavy atom. The molecular weight excluding hydrogens is 268 g/mol. The van der Waals surface area contributed by atoms with Gasteiger partial charge >= 0.3 is 0 Å². The third kappa shape index (κ3) is 2.64. The Balaban J connectivity index is 2.52. The van der Waals surface area contributed by atoms with Crippen LogP contribution in [0.3, 0.4) is 0 Å². The van der Waals surface area contributed by atoms with Crippen molar-refractivity contribution in [1.29, 1.82) is 0 Å². The molecule has 102 valence electrons. The van der Waals surface area contributed by atoms with E-state index in [0.29, 0.717) is 15.9 Å². The Bertz CT molecular complexity index is 591. The number of nitrogens with one attached hydrogen (secondary N) is 1. The van der Waals surface area contributed by atoms with E-state index in [1.54, 1.807) is 19.2 Å². The zero-order valence-corrected chi connectivity index (χ0v) is 11.1. The molecule has 5 nitrogen and oxygen atoms in total. The fourth-order valence-electron chi connectivity index (χ4n) is 1.96. The van der Waals surface area contributed by atoms with Gasteiger partial charge in [-0.1, -0.05) is 11.6 Å². The van der Waals surface area contributed by atoms with E-state index in [9.17, 15) is 15.3 Å². The van der Waals surface area contributed by atoms with E-state index in [1.807, 2.05) is 0 Å². The van der Waals surface area contributed by atoms with Gasteiger partial charge in [0.25, 0.3) is 0 Å². The van der Waals surface area contributed by atoms with Gasteiger partial charge in [0.1, 0.15) is 17.4 Å². The van der Waals surface area contributed by atoms with Crippen molar-refractivity contribution < 1.29 is 15.3 Å². The fraction of sp³-hybridized carbons (Fsp3) is 0.308. The zero-order chi connectivity index (χ0) is 14.0. The summed E-state index contributed by atoms with van der Waals surface area (Å²) in [5, 5.41) is 33.7. The van der Waals surface area contributed by atoms with Crippen molar-refractivity contribution in [2.75, 3.05) is 13.6 Å². The van der Waals surface area contributed by atoms with Crippen LogP contribution in [0.5, 0.6) is 5.75 Å². The van der Waals surface area contributed by atoms with Gasteiger partial charge < -0.3 is 20.6 Å². The Labute approximate surface area is 115 Å². The van der Waals surface area contributed by atoms with Gasteiger partial charge in [0, 0.05) is 23.7 Å². The number of aromatic nitrogens is 1. The predicted octanol–water partition coefficient (Wildman–Crippen LogP) is 1.21. The first-order valence-electron chi connectivity index (χ1n) is 5.83. The maximum Gasteiger partial charge on any atom is 0.147 e. The molecule has 1 aromatic heterocycles. The minimum absolute atomic E-state index is 0.164. The molecule has 2 aromatic rings. The van der Waals surface area contributed by atoms with Crippen LogP contribution in [0.25, 0.3) is 10.9 Å². The topological polar surface area (TPSA) is 85.6 Å². The number of aliphatic hydroxyl groups is 2. The monoisotopic (exact) mass is 282 g/mol. The number of fused-ring (bicyclic) bond motifs is 1. The molecule has 2 unspecified atom stereocenters. The summed E-state index contributed by atoms with van der Waals surface area (Å²) in [7, 11) is 1.66. The lowest BCUT2D eigenvalue weighted by atomic mass is 10.0. The molecule has 19 heavy (non-hydrogen) atoms. The summed E-state index contributed by atoms with van der Waals surface area (Å²) in [6.07, 6.45) is -0.761. The number of likely N-dealkylation sites (N-methyl/N-ethyl adjacent to an activating group) is 1. The van der Waals surface area contributed by atoms with Gasteiger partial charge in [0.05, 0.1) is 11.1 Å². The lowest BCUT2D eigenvalue weighted by molar-refractivity contribution is 0.0190. The van der Waals surface area contributed by atoms with Crippen LogP contribution in [0, 0.1) is 0 Å². The molecule has 0 spiro atoms. The van der Waals surface area contributed by atoms with Crippen LogP contribution in [0.1, 0.15) is 11.7 Å². The van der Waals surface area contributed by atoms with Crippen LogP contribution >= 0.6 is 11.6 Å². The number of aromatic hydroxyl groups is 1. The lowest BCUT2D eigenvalue weighted by Crippen LogP contribution is -2.29. The smallest absolute Gasteiger partial charge is 0.147 e. The van der Waals surface area contributed by atoms with E-state index in [4.69, 9.17) is 11.6 Å². The fourth-order valence-corrected chi connectivity index (χ4v) is 2.23. The molecule has 2 rings (SSSR count). The lowest BCUT2D eigenvalue weighted by Gasteiger charge is -2.19. The molecule has 2 atom stereocenters. The highest BCUT2D eigenvalue weighted by molar-refractivity contribution is 6.35. The quantitative estimate of drug-likeness (QED) is 0.677. The summed E-state index contributed by atoms with van der Waals surface area (Å²) in [6.45, 7) is 0.193. The SMILES string of the molecule is CNCC(O)C(O)c1cc(Cl)c2cccnc2c1O. The maximum atomic E-state index is 10.1. The first-order chi connectivity index (χ1) is 9.06. The molecule has 1 aromatic carbocycles. The predicted molar refractivity (Wildman–Crippen MR) is 73.3 cm³/mol. The molecule has 0 bridgehead atoms. The van der Waals surface area contributed by atoms with Gasteiger partial charge in [-0.25, -0.2) is 0 Å². The first-order valence-corrected chi connectivity index (χ1v) is 6.21. The van der Waals surface area contributed by atoms with Crippen LogP contribution in [0.2, 0.25) is 5.02 Å². The van der Waals surface area contributed by atoms with E-state index in [-0.39, 0.29) is 17.9 Å². The Morgan fingerprint density at radius 3 is 2.84 bits per heavy atom. The number of phenols is 1. The van der Waals surface area contributed by atoms with Crippen LogP contribution in [-0.4, -0.2) is 40.0 Å². The summed E-state index contributed by atoms with van der Waals surface area (Å²) >= 11 is 6.10. The van der Waals surface area contributed by atoms with Gasteiger partial charge in [0.15, 0.2) is 0 Å². The van der Waals surface area contributed by atoms with E-state index in [1.165, 1.54) is 12.3 Å². The molecule has 0 aliphatic heterocycles. The molecule has 0 fully saturated rings. The average Bonchev–Trinajstić information content (AvgIpc) is 2.42. The summed E-state index contributed by atoms with van der Waals surface area (Å²) in [5.41, 5.74) is 0.472. The van der Waals surface area contributed by atoms with Crippen LogP contribution in [0.15, 0.2) is 24.4 Å². The number of aliphatic hydroxyl groups excluding tert-OH is 2. The molecular formula is C13H15ClN2O3. The van der Waals surface area contributed by atoms with Crippen LogP contribution in [0.4, 0.5) is 0 Å². The minimum atomic E-state index is -1.24. The van der Waals surface area contributed by atoms with Crippen molar-refractivity contribution in [1.82, 2.24) is 10.3 Å². The van der Waals surface area contributed by atoms with Crippen molar-refractivity contribution >= 4 is 22.5 Å². The van der Waals surface area contributed by atoms with Crippen LogP contribution < -0.4 is 5.32 Å². The van der Waals surface area contributed by atoms with Gasteiger partial charge in [-0.3, -0.25) is 4.98 Å². The Morgan fingerprint density at radius 2 is 2.16 bits per heavy atom. The second-order valence-electron chi connectivity index (χ2n) is 4.27. The maximum absolute atomic E-state index is 10.1. The van der Waals surface area contributed by atoms with Gasteiger partial charge in [0.2, 0.25) is 0 Å². The third-order valence-electron chi connectivity index (χ3n) is 2.94. The van der Waals surface area contributed by atoms with Crippen molar-refractivity contribution in [3.05, 3.63) is 35.0 Å². The Kier molecular flexibility index (Phi) is 4.21. The van der Waals surface area contributed by atoms with Gasteiger partial charge in [-0.2, -0.15) is 0 Å². The van der Waals surface area contributed by atoms with Crippen LogP contribution in [-0.2, 0) is 0 Å². The van der Waals surface area contributed by atoms with Crippen molar-refractivity contribution in [2.24, 2.45) is 0 Å². The molecule has 1 heterocycles. The number of hydrogen-bond acceptors (Lipinski definition) is 5. The highest BCUT2D eigenvalue weighted by Gasteiger charge is 2.23. The van der Waals surface area contributed by atoms with Gasteiger partial charge in [-0.15, -0.1) is 0 Å². The Hall–Kier alpha value is -1.40. The molecule has 0 aliphatic rings. The normalized spacial score (nSPS) is 14.5. The second kappa shape index (κ2) is 5.71. The van der Waals surface area contributed by atoms with E-state index in [0.717, 1.165) is 0 Å². The zero-order valence-electron chi connectivity index (χ0n) is 10.3. The molecule has 0 radical (unpaired) electrons. The van der Waals surface area contributed by atoms with E-state index in [2.05, 4.69) is 10.3 Å². The van der Waals surface area contributed by atoms with Crippen molar-refractivity contribution in [3.8, 4) is 5.75 Å². The highest BCUT2D eigenvalue weighted by atomic mass is 35.5. The number of benzene rings is 1. The standard InChI is InChI=1S/C13H15ClN2O3/c1-15-6-10(17)12(18)8-5-9(14)7-3-2-4-16-11(7)13(8)19/h2-5,10,12,15,17-19H,6H2,1H3.